The van der Waals surface area contributed by atoms with Crippen molar-refractivity contribution in [1.82, 2.24) is 5.32 Å². The Bertz CT molecular complexity index is 332. The van der Waals surface area contributed by atoms with Crippen LogP contribution in [0, 0.1) is 0 Å². The quantitative estimate of drug-likeness (QED) is 0.485. The highest BCUT2D eigenvalue weighted by Crippen LogP contribution is 2.15. The average Bonchev–Trinajstić information content (AvgIpc) is 2.27. The standard InChI is InChI=1S/C10H13ClN2O2S/c1-2-15-10(14)12-7-16-13-9-5-3-8(11)4-6-9/h3-6,13H,2,7H2,1H3,(H,12,14). The van der Waals surface area contributed by atoms with Gasteiger partial charge >= 0.3 is 6.09 Å². The smallest absolute Gasteiger partial charge is 0.407 e. The van der Waals surface area contributed by atoms with E-state index in [0.29, 0.717) is 17.5 Å². The van der Waals surface area contributed by atoms with Gasteiger partial charge < -0.3 is 14.8 Å². The van der Waals surface area contributed by atoms with Gasteiger partial charge in [0.2, 0.25) is 0 Å². The van der Waals surface area contributed by atoms with Crippen LogP contribution >= 0.6 is 23.5 Å². The SMILES string of the molecule is CCOC(=O)NCSNc1ccc(Cl)cc1. The van der Waals surface area contributed by atoms with Crippen LogP contribution in [0.2, 0.25) is 5.02 Å². The van der Waals surface area contributed by atoms with Gasteiger partial charge in [0.05, 0.1) is 12.5 Å². The summed E-state index contributed by atoms with van der Waals surface area (Å²) in [6, 6.07) is 7.31. The molecule has 1 aromatic rings. The predicted octanol–water partition coefficient (Wildman–Crippen LogP) is 3.10. The molecule has 0 saturated heterocycles. The molecule has 0 heterocycles. The predicted molar refractivity (Wildman–Crippen MR) is 67.7 cm³/mol. The summed E-state index contributed by atoms with van der Waals surface area (Å²) < 4.78 is 7.76. The first-order valence-corrected chi connectivity index (χ1v) is 6.12. The summed E-state index contributed by atoms with van der Waals surface area (Å²) in [5.74, 6) is 0.432. The maximum atomic E-state index is 10.9. The lowest BCUT2D eigenvalue weighted by atomic mass is 10.3. The van der Waals surface area contributed by atoms with Crippen molar-refractivity contribution in [2.45, 2.75) is 6.92 Å². The number of halogens is 1. The molecule has 1 rings (SSSR count). The molecule has 0 aromatic heterocycles. The molecule has 88 valence electrons. The number of rotatable bonds is 5. The second-order valence-electron chi connectivity index (χ2n) is 2.79. The van der Waals surface area contributed by atoms with Crippen molar-refractivity contribution >= 4 is 35.3 Å². The van der Waals surface area contributed by atoms with Crippen molar-refractivity contribution in [2.75, 3.05) is 17.2 Å². The van der Waals surface area contributed by atoms with Crippen molar-refractivity contribution in [2.24, 2.45) is 0 Å². The summed E-state index contributed by atoms with van der Waals surface area (Å²) in [6.07, 6.45) is -0.409. The third kappa shape index (κ3) is 5.14. The Morgan fingerprint density at radius 3 is 2.75 bits per heavy atom. The Kier molecular flexibility index (Phi) is 5.88. The van der Waals surface area contributed by atoms with E-state index in [2.05, 4.69) is 10.0 Å². The Labute approximate surface area is 104 Å². The molecule has 0 spiro atoms. The van der Waals surface area contributed by atoms with Crippen molar-refractivity contribution in [1.29, 1.82) is 0 Å². The highest BCUT2D eigenvalue weighted by Gasteiger charge is 1.98. The lowest BCUT2D eigenvalue weighted by Gasteiger charge is -2.06. The maximum absolute atomic E-state index is 10.9. The van der Waals surface area contributed by atoms with Crippen LogP contribution in [0.4, 0.5) is 10.5 Å². The van der Waals surface area contributed by atoms with Crippen LogP contribution in [0.25, 0.3) is 0 Å². The lowest BCUT2D eigenvalue weighted by molar-refractivity contribution is 0.154. The number of hydrogen-bond acceptors (Lipinski definition) is 4. The van der Waals surface area contributed by atoms with Crippen LogP contribution in [0.3, 0.4) is 0 Å². The fraction of sp³-hybridized carbons (Fsp3) is 0.300. The molecule has 0 bridgehead atoms. The number of carbonyl (C=O) groups is 1. The zero-order chi connectivity index (χ0) is 11.8. The van der Waals surface area contributed by atoms with E-state index < -0.39 is 6.09 Å². The fourth-order valence-electron chi connectivity index (χ4n) is 0.914. The van der Waals surface area contributed by atoms with E-state index in [1.165, 1.54) is 11.9 Å². The van der Waals surface area contributed by atoms with E-state index in [4.69, 9.17) is 16.3 Å². The van der Waals surface area contributed by atoms with Crippen LogP contribution < -0.4 is 10.0 Å². The van der Waals surface area contributed by atoms with Gasteiger partial charge in [-0.3, -0.25) is 0 Å². The number of hydrogen-bond donors (Lipinski definition) is 2. The number of nitrogens with one attached hydrogen (secondary N) is 2. The topological polar surface area (TPSA) is 50.4 Å². The minimum Gasteiger partial charge on any atom is -0.450 e. The molecule has 1 aromatic carbocycles. The zero-order valence-corrected chi connectivity index (χ0v) is 10.4. The van der Waals surface area contributed by atoms with Crippen LogP contribution in [-0.4, -0.2) is 18.6 Å². The zero-order valence-electron chi connectivity index (χ0n) is 8.83. The van der Waals surface area contributed by atoms with Gasteiger partial charge in [-0.25, -0.2) is 4.79 Å². The van der Waals surface area contributed by atoms with E-state index in [1.54, 1.807) is 19.1 Å². The largest absolute Gasteiger partial charge is 0.450 e. The van der Waals surface area contributed by atoms with E-state index >= 15 is 0 Å². The van der Waals surface area contributed by atoms with Gasteiger partial charge in [0.15, 0.2) is 0 Å². The first kappa shape index (κ1) is 13.0. The third-order valence-corrected chi connectivity index (χ3v) is 2.52. The molecule has 0 aliphatic rings. The van der Waals surface area contributed by atoms with Crippen molar-refractivity contribution in [3.05, 3.63) is 29.3 Å². The number of alkyl carbamates (subject to hydrolysis) is 1. The Morgan fingerprint density at radius 2 is 2.12 bits per heavy atom. The van der Waals surface area contributed by atoms with Gasteiger partial charge in [-0.1, -0.05) is 11.6 Å². The minimum absolute atomic E-state index is 0.376. The number of amides is 1. The van der Waals surface area contributed by atoms with Gasteiger partial charge in [-0.05, 0) is 43.1 Å². The normalized spacial score (nSPS) is 9.62. The molecule has 0 saturated carbocycles. The van der Waals surface area contributed by atoms with Gasteiger partial charge in [0.1, 0.15) is 0 Å². The molecule has 0 unspecified atom stereocenters. The molecular formula is C10H13ClN2O2S. The third-order valence-electron chi connectivity index (χ3n) is 1.60. The summed E-state index contributed by atoms with van der Waals surface area (Å²) in [5, 5.41) is 3.27. The number of ether oxygens (including phenoxy) is 1. The molecule has 0 aliphatic carbocycles. The Hall–Kier alpha value is -1.07. The first-order valence-electron chi connectivity index (χ1n) is 4.76. The molecule has 1 amide bonds. The van der Waals surface area contributed by atoms with Crippen molar-refractivity contribution in [3.63, 3.8) is 0 Å². The van der Waals surface area contributed by atoms with E-state index in [0.717, 1.165) is 5.69 Å². The molecule has 4 nitrogen and oxygen atoms in total. The van der Waals surface area contributed by atoms with Gasteiger partial charge in [0, 0.05) is 10.7 Å². The van der Waals surface area contributed by atoms with E-state index in [-0.39, 0.29) is 0 Å². The summed E-state index contributed by atoms with van der Waals surface area (Å²) in [4.78, 5) is 10.9. The number of anilines is 1. The molecular weight excluding hydrogens is 248 g/mol. The second-order valence-corrected chi connectivity index (χ2v) is 4.01. The second kappa shape index (κ2) is 7.24. The number of carbonyl (C=O) groups excluding carboxylic acids is 1. The molecule has 0 radical (unpaired) electrons. The number of benzene rings is 1. The molecule has 0 aliphatic heterocycles. The minimum atomic E-state index is -0.409. The van der Waals surface area contributed by atoms with Crippen molar-refractivity contribution in [3.8, 4) is 0 Å². The van der Waals surface area contributed by atoms with E-state index in [9.17, 15) is 4.79 Å². The highest BCUT2D eigenvalue weighted by atomic mass is 35.5. The van der Waals surface area contributed by atoms with Crippen LogP contribution in [0.5, 0.6) is 0 Å². The Balaban J connectivity index is 2.16. The monoisotopic (exact) mass is 260 g/mol. The summed E-state index contributed by atoms with van der Waals surface area (Å²) in [7, 11) is 0. The lowest BCUT2D eigenvalue weighted by Crippen LogP contribution is -2.24. The average molecular weight is 261 g/mol. The maximum Gasteiger partial charge on any atom is 0.407 e. The molecule has 0 atom stereocenters. The molecule has 0 fully saturated rings. The summed E-state index contributed by atoms with van der Waals surface area (Å²) in [6.45, 7) is 2.14. The van der Waals surface area contributed by atoms with Crippen molar-refractivity contribution < 1.29 is 9.53 Å². The molecule has 2 N–H and O–H groups in total. The summed E-state index contributed by atoms with van der Waals surface area (Å²) in [5.41, 5.74) is 0.931. The Morgan fingerprint density at radius 1 is 1.44 bits per heavy atom. The fourth-order valence-corrected chi connectivity index (χ4v) is 1.61. The van der Waals surface area contributed by atoms with Crippen LogP contribution in [-0.2, 0) is 4.74 Å². The van der Waals surface area contributed by atoms with E-state index in [1.807, 2.05) is 12.1 Å². The van der Waals surface area contributed by atoms with Crippen LogP contribution in [0.1, 0.15) is 6.92 Å². The molecule has 6 heteroatoms. The van der Waals surface area contributed by atoms with Gasteiger partial charge in [0.25, 0.3) is 0 Å². The molecule has 16 heavy (non-hydrogen) atoms. The van der Waals surface area contributed by atoms with Crippen LogP contribution in [0.15, 0.2) is 24.3 Å². The summed E-state index contributed by atoms with van der Waals surface area (Å²) >= 11 is 7.10. The van der Waals surface area contributed by atoms with Gasteiger partial charge in [-0.2, -0.15) is 0 Å². The highest BCUT2D eigenvalue weighted by molar-refractivity contribution is 8.00. The van der Waals surface area contributed by atoms with Gasteiger partial charge in [-0.15, -0.1) is 0 Å². The first-order chi connectivity index (χ1) is 7.72.